The van der Waals surface area contributed by atoms with Crippen molar-refractivity contribution in [3.63, 3.8) is 0 Å². The number of nitrogens with zero attached hydrogens (tertiary/aromatic N) is 5. The molecule has 1 atom stereocenters. The van der Waals surface area contributed by atoms with Crippen molar-refractivity contribution in [3.8, 4) is 5.69 Å². The number of aromatic amines is 1. The molecule has 8 nitrogen and oxygen atoms in total. The normalized spacial score (nSPS) is 13.0. The quantitative estimate of drug-likeness (QED) is 0.569. The Bertz CT molecular complexity index is 1150. The molecule has 0 aliphatic heterocycles. The van der Waals surface area contributed by atoms with Gasteiger partial charge in [0.25, 0.3) is 5.56 Å². The van der Waals surface area contributed by atoms with Crippen LogP contribution in [0.1, 0.15) is 39.3 Å². The molecule has 0 aliphatic carbocycles. The molecule has 0 radical (unpaired) electrons. The second kappa shape index (κ2) is 6.63. The van der Waals surface area contributed by atoms with E-state index in [9.17, 15) is 4.79 Å². The van der Waals surface area contributed by atoms with Crippen LogP contribution in [0.2, 0.25) is 0 Å². The molecule has 0 saturated carbocycles. The summed E-state index contributed by atoms with van der Waals surface area (Å²) in [6, 6.07) is 9.93. The number of H-pyrrole nitrogens is 1. The van der Waals surface area contributed by atoms with Crippen LogP contribution in [0.3, 0.4) is 0 Å². The minimum atomic E-state index is -0.270. The summed E-state index contributed by atoms with van der Waals surface area (Å²) in [6.07, 6.45) is 5.21. The molecule has 8 heteroatoms. The number of rotatable bonds is 4. The van der Waals surface area contributed by atoms with E-state index in [1.807, 2.05) is 68.9 Å². The summed E-state index contributed by atoms with van der Waals surface area (Å²) >= 11 is 0. The number of anilines is 1. The molecule has 4 rings (SSSR count). The molecule has 0 amide bonds. The highest BCUT2D eigenvalue weighted by Crippen LogP contribution is 2.21. The summed E-state index contributed by atoms with van der Waals surface area (Å²) in [5, 5.41) is 12.3. The van der Waals surface area contributed by atoms with E-state index in [0.29, 0.717) is 17.0 Å². The minimum Gasteiger partial charge on any atom is -0.349 e. The van der Waals surface area contributed by atoms with Crippen molar-refractivity contribution in [2.24, 2.45) is 0 Å². The number of fused-ring (bicyclic) bond motifs is 1. The van der Waals surface area contributed by atoms with E-state index >= 15 is 0 Å². The number of hydrogen-bond donors (Lipinski definition) is 2. The van der Waals surface area contributed by atoms with Gasteiger partial charge < -0.3 is 5.32 Å². The maximum Gasteiger partial charge on any atom is 0.263 e. The van der Waals surface area contributed by atoms with Crippen LogP contribution in [-0.2, 0) is 5.54 Å². The van der Waals surface area contributed by atoms with Gasteiger partial charge in [-0.15, -0.1) is 0 Å². The van der Waals surface area contributed by atoms with E-state index < -0.39 is 0 Å². The highest BCUT2D eigenvalue weighted by molar-refractivity contribution is 5.74. The van der Waals surface area contributed by atoms with E-state index in [1.54, 1.807) is 17.1 Å². The lowest BCUT2D eigenvalue weighted by Crippen LogP contribution is -2.24. The van der Waals surface area contributed by atoms with Gasteiger partial charge in [-0.2, -0.15) is 15.2 Å². The average Bonchev–Trinajstić information content (AvgIpc) is 3.31. The second-order valence-corrected chi connectivity index (χ2v) is 7.79. The third-order valence-corrected chi connectivity index (χ3v) is 4.59. The first-order chi connectivity index (χ1) is 13.3. The average molecular weight is 377 g/mol. The van der Waals surface area contributed by atoms with Gasteiger partial charge in [-0.3, -0.25) is 9.78 Å². The Hall–Kier alpha value is -3.42. The van der Waals surface area contributed by atoms with Crippen LogP contribution in [-0.4, -0.2) is 29.5 Å². The number of benzene rings is 1. The molecule has 28 heavy (non-hydrogen) atoms. The Morgan fingerprint density at radius 1 is 1.14 bits per heavy atom. The summed E-state index contributed by atoms with van der Waals surface area (Å²) in [6.45, 7) is 8.10. The van der Waals surface area contributed by atoms with E-state index in [4.69, 9.17) is 0 Å². The molecular weight excluding hydrogens is 354 g/mol. The third kappa shape index (κ3) is 3.28. The van der Waals surface area contributed by atoms with Gasteiger partial charge in [0, 0.05) is 12.4 Å². The molecule has 3 heterocycles. The lowest BCUT2D eigenvalue weighted by molar-refractivity contribution is 0.366. The van der Waals surface area contributed by atoms with Crippen LogP contribution in [0, 0.1) is 0 Å². The highest BCUT2D eigenvalue weighted by Gasteiger charge is 2.20. The summed E-state index contributed by atoms with van der Waals surface area (Å²) in [5.41, 5.74) is 2.16. The predicted molar refractivity (Wildman–Crippen MR) is 109 cm³/mol. The van der Waals surface area contributed by atoms with Gasteiger partial charge in [0.05, 0.1) is 23.5 Å². The van der Waals surface area contributed by atoms with Crippen LogP contribution in [0.4, 0.5) is 5.95 Å². The zero-order valence-electron chi connectivity index (χ0n) is 16.3. The number of aromatic nitrogens is 6. The molecule has 0 fully saturated rings. The fourth-order valence-corrected chi connectivity index (χ4v) is 3.10. The van der Waals surface area contributed by atoms with Crippen LogP contribution in [0.5, 0.6) is 0 Å². The zero-order valence-corrected chi connectivity index (χ0v) is 16.3. The molecule has 144 valence electrons. The Kier molecular flexibility index (Phi) is 4.26. The first-order valence-corrected chi connectivity index (χ1v) is 9.18. The monoisotopic (exact) mass is 377 g/mol. The van der Waals surface area contributed by atoms with Gasteiger partial charge in [-0.1, -0.05) is 12.1 Å². The van der Waals surface area contributed by atoms with Crippen molar-refractivity contribution in [3.05, 3.63) is 64.8 Å². The van der Waals surface area contributed by atoms with Crippen molar-refractivity contribution in [1.82, 2.24) is 29.5 Å². The summed E-state index contributed by atoms with van der Waals surface area (Å²) in [7, 11) is 0. The Labute approximate surface area is 162 Å². The van der Waals surface area contributed by atoms with Gasteiger partial charge in [0.15, 0.2) is 5.65 Å². The van der Waals surface area contributed by atoms with Crippen LogP contribution < -0.4 is 10.9 Å². The molecule has 0 aliphatic rings. The molecule has 0 spiro atoms. The molecule has 2 N–H and O–H groups in total. The van der Waals surface area contributed by atoms with Crippen molar-refractivity contribution in [2.75, 3.05) is 5.32 Å². The van der Waals surface area contributed by atoms with Crippen LogP contribution >= 0.6 is 0 Å². The van der Waals surface area contributed by atoms with Gasteiger partial charge >= 0.3 is 0 Å². The molecule has 1 aromatic carbocycles. The Morgan fingerprint density at radius 3 is 2.54 bits per heavy atom. The van der Waals surface area contributed by atoms with Crippen molar-refractivity contribution in [1.29, 1.82) is 0 Å². The van der Waals surface area contributed by atoms with Gasteiger partial charge in [0.2, 0.25) is 5.95 Å². The Morgan fingerprint density at radius 2 is 1.89 bits per heavy atom. The standard InChI is InChI=1S/C20H23N7O/c1-13(14-6-8-15(9-7-14)26-11-5-10-21-26)23-19-24-17-16(18(28)25-19)12-22-27(17)20(2,3)4/h5-13H,1-4H3,(H2,23,24,25,28). The van der Waals surface area contributed by atoms with E-state index in [2.05, 4.69) is 25.5 Å². The zero-order chi connectivity index (χ0) is 19.9. The summed E-state index contributed by atoms with van der Waals surface area (Å²) in [4.78, 5) is 19.8. The summed E-state index contributed by atoms with van der Waals surface area (Å²) in [5.74, 6) is 0.423. The SMILES string of the molecule is CC(Nc1nc2c(cnn2C(C)(C)C)c(=O)[nH]1)c1ccc(-n2cccn2)cc1. The summed E-state index contributed by atoms with van der Waals surface area (Å²) < 4.78 is 3.58. The number of nitrogens with one attached hydrogen (secondary N) is 2. The van der Waals surface area contributed by atoms with Gasteiger partial charge in [-0.05, 0) is 51.5 Å². The highest BCUT2D eigenvalue weighted by atomic mass is 16.1. The number of hydrogen-bond acceptors (Lipinski definition) is 5. The van der Waals surface area contributed by atoms with E-state index in [1.165, 1.54) is 0 Å². The van der Waals surface area contributed by atoms with Crippen molar-refractivity contribution in [2.45, 2.75) is 39.3 Å². The first kappa shape index (κ1) is 18.0. The van der Waals surface area contributed by atoms with Crippen LogP contribution in [0.15, 0.2) is 53.7 Å². The third-order valence-electron chi connectivity index (χ3n) is 4.59. The predicted octanol–water partition coefficient (Wildman–Crippen LogP) is 3.23. The second-order valence-electron chi connectivity index (χ2n) is 7.79. The molecule has 0 bridgehead atoms. The van der Waals surface area contributed by atoms with Gasteiger partial charge in [0.1, 0.15) is 5.39 Å². The van der Waals surface area contributed by atoms with E-state index in [-0.39, 0.29) is 17.1 Å². The van der Waals surface area contributed by atoms with E-state index in [0.717, 1.165) is 11.3 Å². The molecule has 0 saturated heterocycles. The molecule has 3 aromatic heterocycles. The molecule has 4 aromatic rings. The molecular formula is C20H23N7O. The fraction of sp³-hybridized carbons (Fsp3) is 0.300. The lowest BCUT2D eigenvalue weighted by Gasteiger charge is -2.20. The smallest absolute Gasteiger partial charge is 0.263 e. The first-order valence-electron chi connectivity index (χ1n) is 9.18. The lowest BCUT2D eigenvalue weighted by atomic mass is 10.1. The largest absolute Gasteiger partial charge is 0.349 e. The molecule has 1 unspecified atom stereocenters. The van der Waals surface area contributed by atoms with Crippen LogP contribution in [0.25, 0.3) is 16.7 Å². The Balaban J connectivity index is 1.61. The van der Waals surface area contributed by atoms with Gasteiger partial charge in [-0.25, -0.2) is 9.36 Å². The topological polar surface area (TPSA) is 93.4 Å². The minimum absolute atomic E-state index is 0.0433. The fourth-order valence-electron chi connectivity index (χ4n) is 3.10. The maximum atomic E-state index is 12.4. The van der Waals surface area contributed by atoms with Crippen molar-refractivity contribution < 1.29 is 0 Å². The maximum absolute atomic E-state index is 12.4. The van der Waals surface area contributed by atoms with Crippen molar-refractivity contribution >= 4 is 17.0 Å².